The van der Waals surface area contributed by atoms with Crippen LogP contribution in [-0.4, -0.2) is 33.4 Å². The lowest BCUT2D eigenvalue weighted by molar-refractivity contribution is 0.268. The van der Waals surface area contributed by atoms with Crippen LogP contribution >= 0.6 is 0 Å². The third kappa shape index (κ3) is 4.21. The summed E-state index contributed by atoms with van der Waals surface area (Å²) in [5.41, 5.74) is 0. The van der Waals surface area contributed by atoms with Gasteiger partial charge < -0.3 is 10.1 Å². The molecule has 0 spiro atoms. The van der Waals surface area contributed by atoms with E-state index in [0.29, 0.717) is 17.5 Å². The van der Waals surface area contributed by atoms with Crippen molar-refractivity contribution in [3.63, 3.8) is 0 Å². The molecule has 5 heteroatoms. The lowest BCUT2D eigenvalue weighted by atomic mass is 10.0. The molecule has 1 fully saturated rings. The second-order valence-corrected chi connectivity index (χ2v) is 7.44. The Morgan fingerprint density at radius 2 is 2.00 bits per heavy atom. The zero-order valence-electron chi connectivity index (χ0n) is 12.0. The monoisotopic (exact) mass is 297 g/mol. The second kappa shape index (κ2) is 7.09. The van der Waals surface area contributed by atoms with Crippen molar-refractivity contribution in [2.75, 3.05) is 18.9 Å². The van der Waals surface area contributed by atoms with Gasteiger partial charge in [0.2, 0.25) is 0 Å². The van der Waals surface area contributed by atoms with Gasteiger partial charge in [-0.1, -0.05) is 13.3 Å². The van der Waals surface area contributed by atoms with Crippen LogP contribution in [0, 0.1) is 0 Å². The van der Waals surface area contributed by atoms with Gasteiger partial charge in [-0.25, -0.2) is 8.42 Å². The first-order valence-electron chi connectivity index (χ1n) is 7.31. The predicted octanol–water partition coefficient (Wildman–Crippen LogP) is 2.39. The SMILES string of the molecule is CCS(=O)(=O)c1ccc(OCCC2CCCCN2)cc1. The minimum absolute atomic E-state index is 0.126. The van der Waals surface area contributed by atoms with Crippen molar-refractivity contribution in [3.05, 3.63) is 24.3 Å². The molecule has 0 bridgehead atoms. The molecule has 2 rings (SSSR count). The van der Waals surface area contributed by atoms with Crippen molar-refractivity contribution >= 4 is 9.84 Å². The van der Waals surface area contributed by atoms with Gasteiger partial charge in [-0.2, -0.15) is 0 Å². The summed E-state index contributed by atoms with van der Waals surface area (Å²) < 4.78 is 29.0. The van der Waals surface area contributed by atoms with E-state index in [1.165, 1.54) is 19.3 Å². The Morgan fingerprint density at radius 1 is 1.25 bits per heavy atom. The highest BCUT2D eigenvalue weighted by Gasteiger charge is 2.13. The van der Waals surface area contributed by atoms with Crippen LogP contribution in [0.25, 0.3) is 0 Å². The fourth-order valence-electron chi connectivity index (χ4n) is 2.40. The fraction of sp³-hybridized carbons (Fsp3) is 0.600. The summed E-state index contributed by atoms with van der Waals surface area (Å²) in [4.78, 5) is 0.362. The minimum Gasteiger partial charge on any atom is -0.494 e. The van der Waals surface area contributed by atoms with Gasteiger partial charge in [-0.3, -0.25) is 0 Å². The van der Waals surface area contributed by atoms with E-state index in [9.17, 15) is 8.42 Å². The number of piperidine rings is 1. The lowest BCUT2D eigenvalue weighted by Crippen LogP contribution is -2.35. The summed E-state index contributed by atoms with van der Waals surface area (Å²) >= 11 is 0. The molecule has 20 heavy (non-hydrogen) atoms. The number of ether oxygens (including phenoxy) is 1. The van der Waals surface area contributed by atoms with Gasteiger partial charge in [0, 0.05) is 6.04 Å². The Bertz CT molecular complexity index is 504. The zero-order chi connectivity index (χ0) is 14.4. The lowest BCUT2D eigenvalue weighted by Gasteiger charge is -2.23. The number of nitrogens with one attached hydrogen (secondary N) is 1. The highest BCUT2D eigenvalue weighted by Crippen LogP contribution is 2.18. The van der Waals surface area contributed by atoms with E-state index in [1.54, 1.807) is 31.2 Å². The summed E-state index contributed by atoms with van der Waals surface area (Å²) in [6.45, 7) is 3.42. The Kier molecular flexibility index (Phi) is 5.43. The Hall–Kier alpha value is -1.07. The van der Waals surface area contributed by atoms with E-state index in [4.69, 9.17) is 4.74 Å². The summed E-state index contributed by atoms with van der Waals surface area (Å²) in [6, 6.07) is 7.26. The smallest absolute Gasteiger partial charge is 0.178 e. The summed E-state index contributed by atoms with van der Waals surface area (Å²) in [5, 5.41) is 3.48. The molecule has 0 aliphatic carbocycles. The summed E-state index contributed by atoms with van der Waals surface area (Å²) in [5.74, 6) is 0.858. The maximum Gasteiger partial charge on any atom is 0.178 e. The molecule has 1 aliphatic rings. The quantitative estimate of drug-likeness (QED) is 0.876. The molecular weight excluding hydrogens is 274 g/mol. The third-order valence-electron chi connectivity index (χ3n) is 3.71. The van der Waals surface area contributed by atoms with Crippen molar-refractivity contribution in [1.29, 1.82) is 0 Å². The number of rotatable bonds is 6. The van der Waals surface area contributed by atoms with Gasteiger partial charge in [0.1, 0.15) is 5.75 Å². The van der Waals surface area contributed by atoms with Crippen LogP contribution in [0.15, 0.2) is 29.2 Å². The van der Waals surface area contributed by atoms with Crippen molar-refractivity contribution in [3.8, 4) is 5.75 Å². The van der Waals surface area contributed by atoms with Crippen LogP contribution in [-0.2, 0) is 9.84 Å². The van der Waals surface area contributed by atoms with Crippen LogP contribution in [0.5, 0.6) is 5.75 Å². The standard InChI is InChI=1S/C15H23NO3S/c1-2-20(17,18)15-8-6-14(7-9-15)19-12-10-13-5-3-4-11-16-13/h6-9,13,16H,2-5,10-12H2,1H3. The molecule has 0 saturated carbocycles. The van der Waals surface area contributed by atoms with E-state index in [1.807, 2.05) is 0 Å². The first-order chi connectivity index (χ1) is 9.62. The maximum atomic E-state index is 11.7. The average Bonchev–Trinajstić information content (AvgIpc) is 2.49. The number of sulfone groups is 1. The highest BCUT2D eigenvalue weighted by molar-refractivity contribution is 7.91. The number of benzene rings is 1. The molecule has 1 unspecified atom stereocenters. The first kappa shape index (κ1) is 15.3. The highest BCUT2D eigenvalue weighted by atomic mass is 32.2. The molecule has 0 amide bonds. The normalized spacial score (nSPS) is 19.8. The van der Waals surface area contributed by atoms with Crippen molar-refractivity contribution in [2.24, 2.45) is 0 Å². The average molecular weight is 297 g/mol. The summed E-state index contributed by atoms with van der Waals surface area (Å²) in [7, 11) is -3.12. The van der Waals surface area contributed by atoms with Gasteiger partial charge in [0.25, 0.3) is 0 Å². The molecule has 4 nitrogen and oxygen atoms in total. The van der Waals surface area contributed by atoms with E-state index in [-0.39, 0.29) is 5.75 Å². The number of hydrogen-bond acceptors (Lipinski definition) is 4. The Labute approximate surface area is 121 Å². The minimum atomic E-state index is -3.12. The largest absolute Gasteiger partial charge is 0.494 e. The molecule has 0 aromatic heterocycles. The molecule has 1 aliphatic heterocycles. The van der Waals surface area contributed by atoms with Crippen molar-refractivity contribution in [2.45, 2.75) is 43.5 Å². The first-order valence-corrected chi connectivity index (χ1v) is 8.96. The molecule has 1 saturated heterocycles. The van der Waals surface area contributed by atoms with Crippen molar-refractivity contribution < 1.29 is 13.2 Å². The molecule has 1 atom stereocenters. The van der Waals surface area contributed by atoms with Gasteiger partial charge >= 0.3 is 0 Å². The number of hydrogen-bond donors (Lipinski definition) is 1. The second-order valence-electron chi connectivity index (χ2n) is 5.16. The molecule has 1 heterocycles. The molecule has 1 N–H and O–H groups in total. The fourth-order valence-corrected chi connectivity index (χ4v) is 3.28. The van der Waals surface area contributed by atoms with Gasteiger partial charge in [0.15, 0.2) is 9.84 Å². The van der Waals surface area contributed by atoms with Gasteiger partial charge in [0.05, 0.1) is 17.3 Å². The molecule has 1 aromatic rings. The van der Waals surface area contributed by atoms with Gasteiger partial charge in [-0.05, 0) is 50.1 Å². The van der Waals surface area contributed by atoms with Crippen LogP contribution < -0.4 is 10.1 Å². The molecule has 1 aromatic carbocycles. The van der Waals surface area contributed by atoms with Crippen LogP contribution in [0.4, 0.5) is 0 Å². The van der Waals surface area contributed by atoms with Crippen molar-refractivity contribution in [1.82, 2.24) is 5.32 Å². The van der Waals surface area contributed by atoms with Crippen LogP contribution in [0.3, 0.4) is 0 Å². The molecular formula is C15H23NO3S. The predicted molar refractivity (Wildman–Crippen MR) is 79.9 cm³/mol. The maximum absolute atomic E-state index is 11.7. The Morgan fingerprint density at radius 3 is 2.60 bits per heavy atom. The molecule has 112 valence electrons. The molecule has 0 radical (unpaired) electrons. The van der Waals surface area contributed by atoms with Gasteiger partial charge in [-0.15, -0.1) is 0 Å². The Balaban J connectivity index is 1.82. The van der Waals surface area contributed by atoms with E-state index in [0.717, 1.165) is 18.7 Å². The third-order valence-corrected chi connectivity index (χ3v) is 5.46. The van der Waals surface area contributed by atoms with Crippen LogP contribution in [0.1, 0.15) is 32.6 Å². The van der Waals surface area contributed by atoms with E-state index >= 15 is 0 Å². The zero-order valence-corrected chi connectivity index (χ0v) is 12.8. The van der Waals surface area contributed by atoms with E-state index < -0.39 is 9.84 Å². The van der Waals surface area contributed by atoms with E-state index in [2.05, 4.69) is 5.32 Å². The summed E-state index contributed by atoms with van der Waals surface area (Å²) in [6.07, 6.45) is 4.78. The topological polar surface area (TPSA) is 55.4 Å². The van der Waals surface area contributed by atoms with Crippen LogP contribution in [0.2, 0.25) is 0 Å².